The minimum absolute atomic E-state index is 0.523. The van der Waals surface area contributed by atoms with Crippen molar-refractivity contribution in [3.05, 3.63) is 71.1 Å². The SMILES string of the molecule is COc1ccccc1CC(C)(C)NS(=O)(=O)C=Cc1ccccc1. The largest absolute Gasteiger partial charge is 0.496 e. The lowest BCUT2D eigenvalue weighted by Gasteiger charge is -2.26. The van der Waals surface area contributed by atoms with E-state index in [0.29, 0.717) is 6.42 Å². The first-order chi connectivity index (χ1) is 11.3. The first-order valence-electron chi connectivity index (χ1n) is 7.70. The third-order valence-corrected chi connectivity index (χ3v) is 4.81. The van der Waals surface area contributed by atoms with Gasteiger partial charge in [-0.25, -0.2) is 13.1 Å². The second-order valence-corrected chi connectivity index (χ2v) is 7.80. The minimum atomic E-state index is -3.55. The van der Waals surface area contributed by atoms with Crippen LogP contribution in [0.5, 0.6) is 5.75 Å². The monoisotopic (exact) mass is 345 g/mol. The number of sulfonamides is 1. The number of benzene rings is 2. The molecule has 4 nitrogen and oxygen atoms in total. The van der Waals surface area contributed by atoms with Crippen LogP contribution in [0.1, 0.15) is 25.0 Å². The number of nitrogens with one attached hydrogen (secondary N) is 1. The van der Waals surface area contributed by atoms with Gasteiger partial charge in [-0.3, -0.25) is 0 Å². The van der Waals surface area contributed by atoms with Gasteiger partial charge in [-0.1, -0.05) is 48.5 Å². The Balaban J connectivity index is 2.11. The zero-order valence-electron chi connectivity index (χ0n) is 14.2. The van der Waals surface area contributed by atoms with Gasteiger partial charge in [-0.2, -0.15) is 0 Å². The van der Waals surface area contributed by atoms with Crippen LogP contribution in [0.3, 0.4) is 0 Å². The summed E-state index contributed by atoms with van der Waals surface area (Å²) in [5.74, 6) is 0.754. The summed E-state index contributed by atoms with van der Waals surface area (Å²) in [4.78, 5) is 0. The lowest BCUT2D eigenvalue weighted by atomic mass is 9.96. The van der Waals surface area contributed by atoms with Gasteiger partial charge in [0.15, 0.2) is 0 Å². The number of hydrogen-bond donors (Lipinski definition) is 1. The summed E-state index contributed by atoms with van der Waals surface area (Å²) in [7, 11) is -1.94. The molecule has 0 heterocycles. The Labute approximate surface area is 144 Å². The van der Waals surface area contributed by atoms with E-state index in [0.717, 1.165) is 16.9 Å². The van der Waals surface area contributed by atoms with Gasteiger partial charge < -0.3 is 4.74 Å². The molecule has 5 heteroatoms. The van der Waals surface area contributed by atoms with E-state index in [1.54, 1.807) is 13.2 Å². The highest BCUT2D eigenvalue weighted by molar-refractivity contribution is 7.92. The zero-order chi connectivity index (χ0) is 17.6. The molecule has 24 heavy (non-hydrogen) atoms. The fourth-order valence-electron chi connectivity index (χ4n) is 2.51. The summed E-state index contributed by atoms with van der Waals surface area (Å²) >= 11 is 0. The van der Waals surface area contributed by atoms with Crippen molar-refractivity contribution in [1.29, 1.82) is 0 Å². The van der Waals surface area contributed by atoms with Crippen LogP contribution in [0.15, 0.2) is 60.0 Å². The summed E-state index contributed by atoms with van der Waals surface area (Å²) in [6, 6.07) is 16.9. The highest BCUT2D eigenvalue weighted by Gasteiger charge is 2.25. The van der Waals surface area contributed by atoms with E-state index >= 15 is 0 Å². The van der Waals surface area contributed by atoms with Gasteiger partial charge >= 0.3 is 0 Å². The molecule has 0 unspecified atom stereocenters. The normalized spacial score (nSPS) is 12.5. The Bertz CT molecular complexity index is 796. The molecule has 0 atom stereocenters. The van der Waals surface area contributed by atoms with Crippen LogP contribution in [0.4, 0.5) is 0 Å². The van der Waals surface area contributed by atoms with Crippen LogP contribution in [0.2, 0.25) is 0 Å². The van der Waals surface area contributed by atoms with Crippen molar-refractivity contribution in [2.45, 2.75) is 25.8 Å². The van der Waals surface area contributed by atoms with Gasteiger partial charge in [0.1, 0.15) is 5.75 Å². The van der Waals surface area contributed by atoms with Gasteiger partial charge in [-0.05, 0) is 43.5 Å². The van der Waals surface area contributed by atoms with E-state index in [2.05, 4.69) is 4.72 Å². The fraction of sp³-hybridized carbons (Fsp3) is 0.263. The van der Waals surface area contributed by atoms with Crippen molar-refractivity contribution in [3.63, 3.8) is 0 Å². The van der Waals surface area contributed by atoms with Crippen molar-refractivity contribution in [1.82, 2.24) is 4.72 Å². The average Bonchev–Trinajstić information content (AvgIpc) is 2.53. The molecular weight excluding hydrogens is 322 g/mol. The molecule has 0 aliphatic heterocycles. The molecule has 2 rings (SSSR count). The molecule has 0 saturated heterocycles. The zero-order valence-corrected chi connectivity index (χ0v) is 15.0. The Morgan fingerprint density at radius 1 is 1.04 bits per heavy atom. The first kappa shape index (κ1) is 18.2. The summed E-state index contributed by atoms with van der Waals surface area (Å²) in [6.07, 6.45) is 2.11. The van der Waals surface area contributed by atoms with E-state index in [4.69, 9.17) is 4.74 Å². The van der Waals surface area contributed by atoms with Crippen LogP contribution < -0.4 is 9.46 Å². The van der Waals surface area contributed by atoms with E-state index < -0.39 is 15.6 Å². The van der Waals surface area contributed by atoms with Gasteiger partial charge in [-0.15, -0.1) is 0 Å². The van der Waals surface area contributed by atoms with Crippen LogP contribution in [0, 0.1) is 0 Å². The van der Waals surface area contributed by atoms with Crippen LogP contribution in [-0.4, -0.2) is 21.1 Å². The molecule has 0 spiro atoms. The third-order valence-electron chi connectivity index (χ3n) is 3.48. The standard InChI is InChI=1S/C19H23NO3S/c1-19(2,15-17-11-7-8-12-18(17)23-3)20-24(21,22)14-13-16-9-5-4-6-10-16/h4-14,20H,15H2,1-3H3. The lowest BCUT2D eigenvalue weighted by molar-refractivity contribution is 0.396. The van der Waals surface area contributed by atoms with Crippen molar-refractivity contribution in [2.75, 3.05) is 7.11 Å². The van der Waals surface area contributed by atoms with Crippen LogP contribution in [-0.2, 0) is 16.4 Å². The highest BCUT2D eigenvalue weighted by Crippen LogP contribution is 2.23. The highest BCUT2D eigenvalue weighted by atomic mass is 32.2. The molecule has 2 aromatic rings. The third kappa shape index (κ3) is 5.51. The lowest BCUT2D eigenvalue weighted by Crippen LogP contribution is -2.44. The number of ether oxygens (including phenoxy) is 1. The van der Waals surface area contributed by atoms with Gasteiger partial charge in [0.25, 0.3) is 0 Å². The van der Waals surface area contributed by atoms with Crippen molar-refractivity contribution < 1.29 is 13.2 Å². The van der Waals surface area contributed by atoms with E-state index in [9.17, 15) is 8.42 Å². The fourth-order valence-corrected chi connectivity index (χ4v) is 3.76. The predicted octanol–water partition coefficient (Wildman–Crippen LogP) is 3.61. The van der Waals surface area contributed by atoms with Gasteiger partial charge in [0, 0.05) is 10.9 Å². The Morgan fingerprint density at radius 2 is 1.67 bits per heavy atom. The molecule has 128 valence electrons. The minimum Gasteiger partial charge on any atom is -0.496 e. The molecule has 0 fully saturated rings. The summed E-state index contributed by atoms with van der Waals surface area (Å²) in [5, 5.41) is 1.20. The number of rotatable bonds is 7. The maximum Gasteiger partial charge on any atom is 0.234 e. The summed E-state index contributed by atoms with van der Waals surface area (Å²) in [6.45, 7) is 3.71. The van der Waals surface area contributed by atoms with Crippen molar-refractivity contribution >= 4 is 16.1 Å². The van der Waals surface area contributed by atoms with E-state index in [-0.39, 0.29) is 0 Å². The molecule has 0 aromatic heterocycles. The predicted molar refractivity (Wildman–Crippen MR) is 98.3 cm³/mol. The molecule has 0 radical (unpaired) electrons. The number of methoxy groups -OCH3 is 1. The van der Waals surface area contributed by atoms with Crippen LogP contribution >= 0.6 is 0 Å². The molecule has 0 aliphatic rings. The van der Waals surface area contributed by atoms with Crippen molar-refractivity contribution in [2.24, 2.45) is 0 Å². The average molecular weight is 345 g/mol. The first-order valence-corrected chi connectivity index (χ1v) is 9.25. The molecule has 0 aliphatic carbocycles. The molecule has 2 aromatic carbocycles. The topological polar surface area (TPSA) is 55.4 Å². The Kier molecular flexibility index (Phi) is 5.80. The Hall–Kier alpha value is -2.11. The molecule has 0 bridgehead atoms. The van der Waals surface area contributed by atoms with E-state index in [1.165, 1.54) is 5.41 Å². The van der Waals surface area contributed by atoms with Gasteiger partial charge in [0.05, 0.1) is 7.11 Å². The summed E-state index contributed by atoms with van der Waals surface area (Å²) in [5.41, 5.74) is 1.15. The van der Waals surface area contributed by atoms with E-state index in [1.807, 2.05) is 68.4 Å². The smallest absolute Gasteiger partial charge is 0.234 e. The number of para-hydroxylation sites is 1. The van der Waals surface area contributed by atoms with Crippen molar-refractivity contribution in [3.8, 4) is 5.75 Å². The molecule has 0 saturated carbocycles. The number of hydrogen-bond acceptors (Lipinski definition) is 3. The second kappa shape index (κ2) is 7.64. The maximum atomic E-state index is 12.3. The summed E-state index contributed by atoms with van der Waals surface area (Å²) < 4.78 is 32.7. The maximum absolute atomic E-state index is 12.3. The molecule has 1 N–H and O–H groups in total. The van der Waals surface area contributed by atoms with Crippen LogP contribution in [0.25, 0.3) is 6.08 Å². The molecular formula is C19H23NO3S. The quantitative estimate of drug-likeness (QED) is 0.834. The van der Waals surface area contributed by atoms with Gasteiger partial charge in [0.2, 0.25) is 10.0 Å². The Morgan fingerprint density at radius 3 is 2.33 bits per heavy atom. The molecule has 0 amide bonds. The second-order valence-electron chi connectivity index (χ2n) is 6.23.